The summed E-state index contributed by atoms with van der Waals surface area (Å²) >= 11 is 0. The number of aromatic amines is 1. The molecule has 0 bridgehead atoms. The van der Waals surface area contributed by atoms with E-state index in [2.05, 4.69) is 37.1 Å². The molecule has 2 aromatic rings. The Morgan fingerprint density at radius 1 is 1.28 bits per heavy atom. The molecule has 1 aliphatic heterocycles. The first-order chi connectivity index (χ1) is 12.3. The first-order valence-electron chi connectivity index (χ1n) is 9.46. The fourth-order valence-electron chi connectivity index (χ4n) is 3.46. The van der Waals surface area contributed by atoms with E-state index in [0.29, 0.717) is 12.2 Å². The molecule has 7 heteroatoms. The molecule has 136 valence electrons. The Hall–Kier alpha value is -2.18. The summed E-state index contributed by atoms with van der Waals surface area (Å²) in [4.78, 5) is 30.5. The molecule has 1 atom stereocenters. The van der Waals surface area contributed by atoms with Crippen LogP contribution in [0.3, 0.4) is 0 Å². The number of unbranched alkanes of at least 4 members (excludes halogenated alkanes) is 4. The third-order valence-corrected chi connectivity index (χ3v) is 4.87. The maximum atomic E-state index is 12.5. The lowest BCUT2D eigenvalue weighted by Gasteiger charge is -2.32. The number of hydrogen-bond acceptors (Lipinski definition) is 5. The van der Waals surface area contributed by atoms with Crippen LogP contribution < -0.4 is 10.2 Å². The number of amides is 1. The van der Waals surface area contributed by atoms with Crippen molar-refractivity contribution in [2.75, 3.05) is 24.5 Å². The number of rotatable bonds is 8. The van der Waals surface area contributed by atoms with Gasteiger partial charge in [0.1, 0.15) is 11.8 Å². The van der Waals surface area contributed by atoms with E-state index in [4.69, 9.17) is 0 Å². The van der Waals surface area contributed by atoms with Gasteiger partial charge in [-0.1, -0.05) is 32.6 Å². The highest BCUT2D eigenvalue weighted by Crippen LogP contribution is 2.25. The molecule has 2 N–H and O–H groups in total. The van der Waals surface area contributed by atoms with Gasteiger partial charge >= 0.3 is 0 Å². The minimum atomic E-state index is 0.0253. The van der Waals surface area contributed by atoms with Crippen LogP contribution >= 0.6 is 0 Å². The molecule has 0 saturated carbocycles. The third kappa shape index (κ3) is 4.46. The number of aromatic nitrogens is 4. The number of nitrogens with zero attached hydrogens (tertiary/aromatic N) is 4. The summed E-state index contributed by atoms with van der Waals surface area (Å²) in [5, 5.41) is 3.11. The van der Waals surface area contributed by atoms with Gasteiger partial charge in [-0.15, -0.1) is 0 Å². The van der Waals surface area contributed by atoms with Crippen molar-refractivity contribution in [2.45, 2.75) is 51.9 Å². The summed E-state index contributed by atoms with van der Waals surface area (Å²) in [5.41, 5.74) is 1.52. The average molecular weight is 344 g/mol. The number of piperidine rings is 1. The van der Waals surface area contributed by atoms with Crippen molar-refractivity contribution in [1.82, 2.24) is 25.3 Å². The molecule has 1 aliphatic rings. The molecule has 1 unspecified atom stereocenters. The number of anilines is 1. The first kappa shape index (κ1) is 17.6. The van der Waals surface area contributed by atoms with Gasteiger partial charge in [0.2, 0.25) is 5.91 Å². The van der Waals surface area contributed by atoms with E-state index in [9.17, 15) is 4.79 Å². The minimum Gasteiger partial charge on any atom is -0.356 e. The Morgan fingerprint density at radius 2 is 2.16 bits per heavy atom. The predicted octanol–water partition coefficient (Wildman–Crippen LogP) is 2.66. The lowest BCUT2D eigenvalue weighted by molar-refractivity contribution is -0.125. The Balaban J connectivity index is 1.52. The largest absolute Gasteiger partial charge is 0.356 e. The molecule has 0 aromatic carbocycles. The van der Waals surface area contributed by atoms with Crippen LogP contribution in [0.2, 0.25) is 0 Å². The normalized spacial score (nSPS) is 17.8. The second kappa shape index (κ2) is 8.78. The summed E-state index contributed by atoms with van der Waals surface area (Å²) in [5.74, 6) is 1.05. The highest BCUT2D eigenvalue weighted by atomic mass is 16.1. The predicted molar refractivity (Wildman–Crippen MR) is 98.4 cm³/mol. The Kier molecular flexibility index (Phi) is 6.19. The number of hydrogen-bond donors (Lipinski definition) is 2. The number of H-pyrrole nitrogens is 1. The van der Waals surface area contributed by atoms with Crippen LogP contribution in [-0.4, -0.2) is 45.5 Å². The van der Waals surface area contributed by atoms with Crippen LogP contribution in [0.25, 0.3) is 11.2 Å². The zero-order valence-corrected chi connectivity index (χ0v) is 15.0. The van der Waals surface area contributed by atoms with Crippen molar-refractivity contribution in [3.63, 3.8) is 0 Å². The lowest BCUT2D eigenvalue weighted by Crippen LogP contribution is -2.43. The first-order valence-corrected chi connectivity index (χ1v) is 9.46. The molecule has 7 nitrogen and oxygen atoms in total. The van der Waals surface area contributed by atoms with Gasteiger partial charge in [-0.05, 0) is 19.3 Å². The third-order valence-electron chi connectivity index (χ3n) is 4.87. The molecular formula is C18H28N6O. The van der Waals surface area contributed by atoms with Crippen LogP contribution in [0, 0.1) is 5.92 Å². The summed E-state index contributed by atoms with van der Waals surface area (Å²) in [6.45, 7) is 4.61. The smallest absolute Gasteiger partial charge is 0.224 e. The van der Waals surface area contributed by atoms with E-state index < -0.39 is 0 Å². The van der Waals surface area contributed by atoms with Gasteiger partial charge in [0.25, 0.3) is 0 Å². The SMILES string of the molecule is CCCCCCCNC(=O)C1CCCN(c2ncnc3nc[nH]c23)C1. The fraction of sp³-hybridized carbons (Fsp3) is 0.667. The zero-order valence-electron chi connectivity index (χ0n) is 15.0. The molecule has 2 aromatic heterocycles. The summed E-state index contributed by atoms with van der Waals surface area (Å²) in [6.07, 6.45) is 11.2. The minimum absolute atomic E-state index is 0.0253. The maximum absolute atomic E-state index is 12.5. The molecule has 3 heterocycles. The van der Waals surface area contributed by atoms with Crippen LogP contribution in [-0.2, 0) is 4.79 Å². The van der Waals surface area contributed by atoms with Gasteiger partial charge in [-0.3, -0.25) is 4.79 Å². The van der Waals surface area contributed by atoms with E-state index in [1.165, 1.54) is 25.7 Å². The van der Waals surface area contributed by atoms with E-state index in [0.717, 1.165) is 43.7 Å². The topological polar surface area (TPSA) is 86.8 Å². The summed E-state index contributed by atoms with van der Waals surface area (Å²) in [7, 11) is 0. The quantitative estimate of drug-likeness (QED) is 0.719. The van der Waals surface area contributed by atoms with Crippen LogP contribution in [0.15, 0.2) is 12.7 Å². The van der Waals surface area contributed by atoms with Gasteiger partial charge in [-0.2, -0.15) is 0 Å². The van der Waals surface area contributed by atoms with Gasteiger partial charge in [0, 0.05) is 19.6 Å². The fourth-order valence-corrected chi connectivity index (χ4v) is 3.46. The molecule has 1 fully saturated rings. The number of carbonyl (C=O) groups excluding carboxylic acids is 1. The number of nitrogens with one attached hydrogen (secondary N) is 2. The summed E-state index contributed by atoms with van der Waals surface area (Å²) in [6, 6.07) is 0. The zero-order chi connectivity index (χ0) is 17.5. The standard InChI is InChI=1S/C18H28N6O/c1-2-3-4-5-6-9-19-18(25)14-8-7-10-24(11-14)17-15-16(21-12-20-15)22-13-23-17/h12-14H,2-11H2,1H3,(H,19,25)(H,20,21,22,23). The van der Waals surface area contributed by atoms with Crippen LogP contribution in [0.1, 0.15) is 51.9 Å². The van der Waals surface area contributed by atoms with Crippen molar-refractivity contribution in [1.29, 1.82) is 0 Å². The number of fused-ring (bicyclic) bond motifs is 1. The molecule has 0 aliphatic carbocycles. The highest BCUT2D eigenvalue weighted by molar-refractivity contribution is 5.84. The van der Waals surface area contributed by atoms with Gasteiger partial charge in [-0.25, -0.2) is 15.0 Å². The van der Waals surface area contributed by atoms with Crippen molar-refractivity contribution >= 4 is 22.9 Å². The Labute approximate surface area is 148 Å². The van der Waals surface area contributed by atoms with Crippen molar-refractivity contribution in [2.24, 2.45) is 5.92 Å². The second-order valence-electron chi connectivity index (χ2n) is 6.79. The molecule has 0 radical (unpaired) electrons. The molecule has 1 amide bonds. The Bertz CT molecular complexity index is 685. The average Bonchev–Trinajstić information content (AvgIpc) is 3.13. The van der Waals surface area contributed by atoms with Crippen molar-refractivity contribution in [3.05, 3.63) is 12.7 Å². The van der Waals surface area contributed by atoms with Crippen LogP contribution in [0.5, 0.6) is 0 Å². The monoisotopic (exact) mass is 344 g/mol. The number of imidazole rings is 1. The number of carbonyl (C=O) groups is 1. The molecule has 3 rings (SSSR count). The molecule has 25 heavy (non-hydrogen) atoms. The van der Waals surface area contributed by atoms with Crippen molar-refractivity contribution < 1.29 is 4.79 Å². The Morgan fingerprint density at radius 3 is 3.04 bits per heavy atom. The van der Waals surface area contributed by atoms with E-state index in [1.807, 2.05) is 0 Å². The molecule has 1 saturated heterocycles. The van der Waals surface area contributed by atoms with Crippen molar-refractivity contribution in [3.8, 4) is 0 Å². The van der Waals surface area contributed by atoms with E-state index in [-0.39, 0.29) is 11.8 Å². The van der Waals surface area contributed by atoms with E-state index in [1.54, 1.807) is 12.7 Å². The lowest BCUT2D eigenvalue weighted by atomic mass is 9.97. The van der Waals surface area contributed by atoms with Crippen LogP contribution in [0.4, 0.5) is 5.82 Å². The van der Waals surface area contributed by atoms with E-state index >= 15 is 0 Å². The second-order valence-corrected chi connectivity index (χ2v) is 6.79. The molecule has 0 spiro atoms. The highest BCUT2D eigenvalue weighted by Gasteiger charge is 2.27. The maximum Gasteiger partial charge on any atom is 0.224 e. The van der Waals surface area contributed by atoms with Gasteiger partial charge in [0.15, 0.2) is 11.5 Å². The molecular weight excluding hydrogens is 316 g/mol. The van der Waals surface area contributed by atoms with Gasteiger partial charge < -0.3 is 15.2 Å². The van der Waals surface area contributed by atoms with Gasteiger partial charge in [0.05, 0.1) is 12.2 Å². The summed E-state index contributed by atoms with van der Waals surface area (Å²) < 4.78 is 0.